The Morgan fingerprint density at radius 3 is 2.37 bits per heavy atom. The first-order valence-electron chi connectivity index (χ1n) is 8.86. The van der Waals surface area contributed by atoms with Crippen LogP contribution < -0.4 is 10.2 Å². The monoisotopic (exact) mass is 358 g/mol. The fourth-order valence-corrected chi connectivity index (χ4v) is 3.00. The van der Waals surface area contributed by atoms with Crippen LogP contribution in [-0.4, -0.2) is 33.7 Å². The topological polar surface area (TPSA) is 58.4 Å². The zero-order chi connectivity index (χ0) is 19.0. The van der Waals surface area contributed by atoms with E-state index in [-0.39, 0.29) is 0 Å². The van der Waals surface area contributed by atoms with Gasteiger partial charge in [0.25, 0.3) is 5.78 Å². The summed E-state index contributed by atoms with van der Waals surface area (Å²) < 4.78 is 1.76. The van der Waals surface area contributed by atoms with E-state index < -0.39 is 0 Å². The summed E-state index contributed by atoms with van der Waals surface area (Å²) in [7, 11) is 4.06. The van der Waals surface area contributed by atoms with E-state index >= 15 is 0 Å². The second-order valence-corrected chi connectivity index (χ2v) is 6.81. The van der Waals surface area contributed by atoms with Gasteiger partial charge in [0.15, 0.2) is 5.82 Å². The Balaban J connectivity index is 1.75. The van der Waals surface area contributed by atoms with Crippen LogP contribution in [0.5, 0.6) is 0 Å². The van der Waals surface area contributed by atoms with Crippen LogP contribution >= 0.6 is 0 Å². The average molecular weight is 358 g/mol. The average Bonchev–Trinajstić information content (AvgIpc) is 3.06. The Kier molecular flexibility index (Phi) is 4.24. The van der Waals surface area contributed by atoms with Crippen molar-refractivity contribution in [2.45, 2.75) is 13.8 Å². The molecule has 2 aromatic carbocycles. The van der Waals surface area contributed by atoms with E-state index in [0.717, 1.165) is 34.0 Å². The van der Waals surface area contributed by atoms with Gasteiger partial charge in [-0.05, 0) is 43.7 Å². The van der Waals surface area contributed by atoms with Gasteiger partial charge in [-0.1, -0.05) is 24.3 Å². The summed E-state index contributed by atoms with van der Waals surface area (Å²) in [5, 5.41) is 8.13. The molecule has 27 heavy (non-hydrogen) atoms. The molecule has 0 fully saturated rings. The highest BCUT2D eigenvalue weighted by Crippen LogP contribution is 2.24. The molecule has 4 aromatic rings. The van der Waals surface area contributed by atoms with E-state index in [1.807, 2.05) is 45.3 Å². The number of nitrogens with zero attached hydrogens (tertiary/aromatic N) is 5. The van der Waals surface area contributed by atoms with Gasteiger partial charge in [0.2, 0.25) is 0 Å². The number of hydrogen-bond acceptors (Lipinski definition) is 5. The molecule has 136 valence electrons. The molecule has 0 aliphatic rings. The number of aromatic nitrogens is 4. The van der Waals surface area contributed by atoms with Gasteiger partial charge in [-0.2, -0.15) is 9.50 Å². The molecule has 0 radical (unpaired) electrons. The van der Waals surface area contributed by atoms with Crippen molar-refractivity contribution in [3.8, 4) is 11.4 Å². The molecule has 4 rings (SSSR count). The Labute approximate surface area is 158 Å². The van der Waals surface area contributed by atoms with Crippen molar-refractivity contribution in [1.29, 1.82) is 0 Å². The number of nitrogens with one attached hydrogen (secondary N) is 1. The lowest BCUT2D eigenvalue weighted by Crippen LogP contribution is -2.08. The number of hydrogen-bond donors (Lipinski definition) is 1. The fourth-order valence-electron chi connectivity index (χ4n) is 3.00. The minimum atomic E-state index is 0.584. The summed E-state index contributed by atoms with van der Waals surface area (Å²) in [6.07, 6.45) is 0. The van der Waals surface area contributed by atoms with E-state index in [4.69, 9.17) is 5.10 Å². The van der Waals surface area contributed by atoms with Crippen LogP contribution in [0.3, 0.4) is 0 Å². The zero-order valence-electron chi connectivity index (χ0n) is 15.9. The molecule has 0 aliphatic heterocycles. The van der Waals surface area contributed by atoms with Gasteiger partial charge in [0.1, 0.15) is 5.82 Å². The Bertz CT molecular complexity index is 1100. The summed E-state index contributed by atoms with van der Waals surface area (Å²) >= 11 is 0. The number of aryl methyl sites for hydroxylation is 2. The fraction of sp³-hybridized carbons (Fsp3) is 0.190. The predicted octanol–water partition coefficient (Wildman–Crippen LogP) is 4.22. The molecule has 6 nitrogen and oxygen atoms in total. The van der Waals surface area contributed by atoms with Crippen LogP contribution in [0.15, 0.2) is 54.6 Å². The molecule has 0 bridgehead atoms. The third kappa shape index (κ3) is 3.33. The van der Waals surface area contributed by atoms with Crippen LogP contribution in [0.1, 0.15) is 11.3 Å². The maximum absolute atomic E-state index is 4.70. The SMILES string of the molecule is Cc1cc(Nc2ccc(N(C)C)cc2)n2nc(-c3ccccc3C)nc2n1. The van der Waals surface area contributed by atoms with Crippen molar-refractivity contribution in [2.24, 2.45) is 0 Å². The molecule has 0 unspecified atom stereocenters. The summed E-state index contributed by atoms with van der Waals surface area (Å²) in [6, 6.07) is 18.3. The minimum absolute atomic E-state index is 0.584. The predicted molar refractivity (Wildman–Crippen MR) is 110 cm³/mol. The van der Waals surface area contributed by atoms with Crippen molar-refractivity contribution in [3.05, 3.63) is 65.9 Å². The summed E-state index contributed by atoms with van der Waals surface area (Å²) in [5.41, 5.74) is 5.18. The highest BCUT2D eigenvalue weighted by atomic mass is 15.4. The highest BCUT2D eigenvalue weighted by Gasteiger charge is 2.13. The Morgan fingerprint density at radius 1 is 0.926 bits per heavy atom. The first kappa shape index (κ1) is 17.0. The standard InChI is InChI=1S/C21H22N6/c1-14-7-5-6-8-18(14)20-24-21-22-15(2)13-19(27(21)25-20)23-16-9-11-17(12-10-16)26(3)4/h5-13,23H,1-4H3. The number of anilines is 3. The van der Waals surface area contributed by atoms with Gasteiger partial charge in [-0.15, -0.1) is 5.10 Å². The molecule has 0 aliphatic carbocycles. The lowest BCUT2D eigenvalue weighted by Gasteiger charge is -2.13. The summed E-state index contributed by atoms with van der Waals surface area (Å²) in [6.45, 7) is 4.02. The molecule has 0 amide bonds. The third-order valence-electron chi connectivity index (χ3n) is 4.48. The first-order valence-corrected chi connectivity index (χ1v) is 8.86. The maximum atomic E-state index is 4.70. The minimum Gasteiger partial charge on any atom is -0.378 e. The highest BCUT2D eigenvalue weighted by molar-refractivity contribution is 5.65. The molecule has 0 saturated carbocycles. The third-order valence-corrected chi connectivity index (χ3v) is 4.48. The van der Waals surface area contributed by atoms with Gasteiger partial charge in [0.05, 0.1) is 0 Å². The van der Waals surface area contributed by atoms with Gasteiger partial charge >= 0.3 is 0 Å². The van der Waals surface area contributed by atoms with Gasteiger partial charge in [0, 0.05) is 42.8 Å². The quantitative estimate of drug-likeness (QED) is 0.592. The van der Waals surface area contributed by atoms with E-state index in [1.165, 1.54) is 0 Å². The smallest absolute Gasteiger partial charge is 0.254 e. The van der Waals surface area contributed by atoms with E-state index in [0.29, 0.717) is 11.6 Å². The van der Waals surface area contributed by atoms with Crippen LogP contribution in [0.25, 0.3) is 17.2 Å². The van der Waals surface area contributed by atoms with Crippen LogP contribution in [0.4, 0.5) is 17.2 Å². The Morgan fingerprint density at radius 2 is 1.67 bits per heavy atom. The molecular formula is C21H22N6. The Hall–Kier alpha value is -3.41. The van der Waals surface area contributed by atoms with E-state index in [1.54, 1.807) is 4.52 Å². The van der Waals surface area contributed by atoms with Crippen LogP contribution in [0, 0.1) is 13.8 Å². The lowest BCUT2D eigenvalue weighted by molar-refractivity contribution is 0.939. The largest absolute Gasteiger partial charge is 0.378 e. The van der Waals surface area contributed by atoms with Gasteiger partial charge in [-0.3, -0.25) is 0 Å². The molecular weight excluding hydrogens is 336 g/mol. The number of benzene rings is 2. The van der Waals surface area contributed by atoms with Crippen molar-refractivity contribution in [1.82, 2.24) is 19.6 Å². The molecule has 2 heterocycles. The van der Waals surface area contributed by atoms with E-state index in [9.17, 15) is 0 Å². The first-order chi connectivity index (χ1) is 13.0. The second kappa shape index (κ2) is 6.72. The maximum Gasteiger partial charge on any atom is 0.254 e. The zero-order valence-corrected chi connectivity index (χ0v) is 15.9. The van der Waals surface area contributed by atoms with E-state index in [2.05, 4.69) is 57.4 Å². The second-order valence-electron chi connectivity index (χ2n) is 6.81. The normalized spacial score (nSPS) is 11.0. The molecule has 6 heteroatoms. The molecule has 2 aromatic heterocycles. The molecule has 0 saturated heterocycles. The van der Waals surface area contributed by atoms with Crippen molar-refractivity contribution < 1.29 is 0 Å². The molecule has 1 N–H and O–H groups in total. The number of rotatable bonds is 4. The van der Waals surface area contributed by atoms with Gasteiger partial charge in [-0.25, -0.2) is 4.98 Å². The summed E-state index contributed by atoms with van der Waals surface area (Å²) in [5.74, 6) is 2.10. The summed E-state index contributed by atoms with van der Waals surface area (Å²) in [4.78, 5) is 11.2. The van der Waals surface area contributed by atoms with Gasteiger partial charge < -0.3 is 10.2 Å². The van der Waals surface area contributed by atoms with Crippen LogP contribution in [-0.2, 0) is 0 Å². The molecule has 0 spiro atoms. The molecule has 0 atom stereocenters. The van der Waals surface area contributed by atoms with Crippen molar-refractivity contribution in [3.63, 3.8) is 0 Å². The van der Waals surface area contributed by atoms with Crippen LogP contribution in [0.2, 0.25) is 0 Å². The number of fused-ring (bicyclic) bond motifs is 1. The van der Waals surface area contributed by atoms with Crippen molar-refractivity contribution in [2.75, 3.05) is 24.3 Å². The van der Waals surface area contributed by atoms with Crippen molar-refractivity contribution >= 4 is 23.0 Å². The lowest BCUT2D eigenvalue weighted by atomic mass is 10.1.